The summed E-state index contributed by atoms with van der Waals surface area (Å²) >= 11 is 0. The Balaban J connectivity index is 2.88. The fourth-order valence-electron chi connectivity index (χ4n) is 1.21. The molecule has 4 heteroatoms. The van der Waals surface area contributed by atoms with E-state index in [1.807, 2.05) is 18.2 Å². The van der Waals surface area contributed by atoms with Crippen molar-refractivity contribution in [2.75, 3.05) is 13.7 Å². The molecule has 0 heterocycles. The second kappa shape index (κ2) is 5.08. The highest BCUT2D eigenvalue weighted by atomic mass is 31.1. The molecule has 1 amide bonds. The molecule has 1 rings (SSSR count). The van der Waals surface area contributed by atoms with E-state index < -0.39 is 0 Å². The molecule has 0 saturated carbocycles. The summed E-state index contributed by atoms with van der Waals surface area (Å²) in [6.45, 7) is 2.12. The van der Waals surface area contributed by atoms with Gasteiger partial charge in [0, 0.05) is 12.6 Å². The molecule has 0 radical (unpaired) electrons. The Bertz CT molecular complexity index is 326. The zero-order chi connectivity index (χ0) is 10.6. The SMILES string of the molecule is CPCc1cccc(C(=O)N(C)O)c1. The molecule has 0 aliphatic heterocycles. The second-order valence-corrected chi connectivity index (χ2v) is 4.12. The van der Waals surface area contributed by atoms with Crippen molar-refractivity contribution in [3.05, 3.63) is 35.4 Å². The van der Waals surface area contributed by atoms with Crippen LogP contribution in [0.2, 0.25) is 0 Å². The quantitative estimate of drug-likeness (QED) is 0.471. The van der Waals surface area contributed by atoms with Crippen LogP contribution in [-0.4, -0.2) is 29.9 Å². The third kappa shape index (κ3) is 2.79. The lowest BCUT2D eigenvalue weighted by Gasteiger charge is -2.09. The minimum atomic E-state index is -0.369. The minimum Gasteiger partial charge on any atom is -0.286 e. The van der Waals surface area contributed by atoms with Crippen LogP contribution in [-0.2, 0) is 6.16 Å². The van der Waals surface area contributed by atoms with E-state index in [9.17, 15) is 4.79 Å². The Morgan fingerprint density at radius 1 is 1.57 bits per heavy atom. The molecule has 1 atom stereocenters. The second-order valence-electron chi connectivity index (χ2n) is 3.06. The van der Waals surface area contributed by atoms with Gasteiger partial charge in [0.15, 0.2) is 0 Å². The molecule has 3 nitrogen and oxygen atoms in total. The fraction of sp³-hybridized carbons (Fsp3) is 0.300. The predicted molar refractivity (Wildman–Crippen MR) is 58.3 cm³/mol. The molecule has 0 saturated heterocycles. The number of benzene rings is 1. The van der Waals surface area contributed by atoms with Crippen LogP contribution in [0.3, 0.4) is 0 Å². The van der Waals surface area contributed by atoms with E-state index in [2.05, 4.69) is 6.66 Å². The lowest BCUT2D eigenvalue weighted by atomic mass is 10.1. The van der Waals surface area contributed by atoms with Crippen LogP contribution in [0.1, 0.15) is 15.9 Å². The van der Waals surface area contributed by atoms with Crippen molar-refractivity contribution in [3.63, 3.8) is 0 Å². The van der Waals surface area contributed by atoms with Crippen LogP contribution in [0.15, 0.2) is 24.3 Å². The number of carbonyl (C=O) groups is 1. The lowest BCUT2D eigenvalue weighted by Crippen LogP contribution is -2.22. The maximum absolute atomic E-state index is 11.4. The van der Waals surface area contributed by atoms with Gasteiger partial charge in [0.2, 0.25) is 0 Å². The third-order valence-corrected chi connectivity index (χ3v) is 2.61. The third-order valence-electron chi connectivity index (χ3n) is 1.85. The van der Waals surface area contributed by atoms with Crippen LogP contribution >= 0.6 is 8.58 Å². The smallest absolute Gasteiger partial charge is 0.276 e. The highest BCUT2D eigenvalue weighted by Crippen LogP contribution is 2.15. The first-order valence-corrected chi connectivity index (χ1v) is 6.06. The molecule has 1 N–H and O–H groups in total. The van der Waals surface area contributed by atoms with E-state index in [1.165, 1.54) is 7.05 Å². The van der Waals surface area contributed by atoms with E-state index in [4.69, 9.17) is 5.21 Å². The number of hydroxylamine groups is 2. The number of rotatable bonds is 3. The molecule has 0 aliphatic rings. The summed E-state index contributed by atoms with van der Waals surface area (Å²) in [5.74, 6) is -0.369. The molecule has 14 heavy (non-hydrogen) atoms. The highest BCUT2D eigenvalue weighted by molar-refractivity contribution is 7.36. The van der Waals surface area contributed by atoms with Crippen LogP contribution in [0.4, 0.5) is 0 Å². The van der Waals surface area contributed by atoms with Crippen molar-refractivity contribution in [3.8, 4) is 0 Å². The van der Waals surface area contributed by atoms with E-state index in [1.54, 1.807) is 6.07 Å². The molecular weight excluding hydrogens is 197 g/mol. The first-order chi connectivity index (χ1) is 6.65. The summed E-state index contributed by atoms with van der Waals surface area (Å²) in [5, 5.41) is 9.59. The van der Waals surface area contributed by atoms with Crippen LogP contribution in [0.25, 0.3) is 0 Å². The van der Waals surface area contributed by atoms with Crippen molar-refractivity contribution in [1.29, 1.82) is 0 Å². The highest BCUT2D eigenvalue weighted by Gasteiger charge is 2.08. The average Bonchev–Trinajstić information content (AvgIpc) is 2.17. The van der Waals surface area contributed by atoms with Gasteiger partial charge in [-0.15, -0.1) is 8.58 Å². The Hall–Kier alpha value is -0.920. The van der Waals surface area contributed by atoms with Gasteiger partial charge >= 0.3 is 0 Å². The Morgan fingerprint density at radius 2 is 2.29 bits per heavy atom. The first kappa shape index (κ1) is 11.2. The van der Waals surface area contributed by atoms with Gasteiger partial charge in [-0.3, -0.25) is 10.0 Å². The Kier molecular flexibility index (Phi) is 4.05. The zero-order valence-corrected chi connectivity index (χ0v) is 9.32. The molecule has 76 valence electrons. The fourth-order valence-corrected chi connectivity index (χ4v) is 1.83. The standard InChI is InChI=1S/C10H14NO2P/c1-11(13)10(12)9-5-3-4-8(6-9)7-14-2/h3-6,13-14H,7H2,1-2H3. The minimum absolute atomic E-state index is 0.369. The summed E-state index contributed by atoms with van der Waals surface area (Å²) in [7, 11) is 2.16. The van der Waals surface area contributed by atoms with Gasteiger partial charge < -0.3 is 0 Å². The van der Waals surface area contributed by atoms with Gasteiger partial charge in [-0.1, -0.05) is 12.1 Å². The maximum Gasteiger partial charge on any atom is 0.276 e. The number of hydrogen-bond acceptors (Lipinski definition) is 2. The summed E-state index contributed by atoms with van der Waals surface area (Å²) in [5.41, 5.74) is 1.67. The predicted octanol–water partition coefficient (Wildman–Crippen LogP) is 1.96. The van der Waals surface area contributed by atoms with Gasteiger partial charge in [-0.25, -0.2) is 5.06 Å². The Morgan fingerprint density at radius 3 is 2.86 bits per heavy atom. The molecule has 0 fully saturated rings. The maximum atomic E-state index is 11.4. The number of nitrogens with zero attached hydrogens (tertiary/aromatic N) is 1. The average molecular weight is 211 g/mol. The van der Waals surface area contributed by atoms with Crippen molar-refractivity contribution in [2.24, 2.45) is 0 Å². The number of amides is 1. The summed E-state index contributed by atoms with van der Waals surface area (Å²) in [6, 6.07) is 7.36. The van der Waals surface area contributed by atoms with Gasteiger partial charge in [-0.2, -0.15) is 0 Å². The van der Waals surface area contributed by atoms with Gasteiger partial charge in [0.05, 0.1) is 0 Å². The number of carbonyl (C=O) groups excluding carboxylic acids is 1. The first-order valence-electron chi connectivity index (χ1n) is 4.35. The molecular formula is C10H14NO2P. The van der Waals surface area contributed by atoms with E-state index in [0.29, 0.717) is 10.6 Å². The van der Waals surface area contributed by atoms with Gasteiger partial charge in [-0.05, 0) is 30.5 Å². The van der Waals surface area contributed by atoms with Crippen molar-refractivity contribution in [1.82, 2.24) is 5.06 Å². The molecule has 1 aromatic carbocycles. The van der Waals surface area contributed by atoms with Gasteiger partial charge in [0.25, 0.3) is 5.91 Å². The van der Waals surface area contributed by atoms with Crippen LogP contribution in [0, 0.1) is 0 Å². The van der Waals surface area contributed by atoms with Crippen LogP contribution in [0.5, 0.6) is 0 Å². The van der Waals surface area contributed by atoms with Crippen molar-refractivity contribution < 1.29 is 10.0 Å². The monoisotopic (exact) mass is 211 g/mol. The van der Waals surface area contributed by atoms with Crippen molar-refractivity contribution >= 4 is 14.5 Å². The molecule has 0 spiro atoms. The van der Waals surface area contributed by atoms with Gasteiger partial charge in [0.1, 0.15) is 0 Å². The van der Waals surface area contributed by atoms with E-state index in [-0.39, 0.29) is 5.91 Å². The molecule has 0 aromatic heterocycles. The summed E-state index contributed by atoms with van der Waals surface area (Å²) < 4.78 is 0. The Labute approximate surface area is 85.5 Å². The van der Waals surface area contributed by atoms with E-state index >= 15 is 0 Å². The topological polar surface area (TPSA) is 40.5 Å². The normalized spacial score (nSPS) is 10.8. The molecule has 0 bridgehead atoms. The number of hydrogen-bond donors (Lipinski definition) is 1. The lowest BCUT2D eigenvalue weighted by molar-refractivity contribution is -0.0374. The van der Waals surface area contributed by atoms with Crippen molar-refractivity contribution in [2.45, 2.75) is 6.16 Å². The van der Waals surface area contributed by atoms with Crippen LogP contribution < -0.4 is 0 Å². The molecule has 1 aromatic rings. The molecule has 0 aliphatic carbocycles. The summed E-state index contributed by atoms with van der Waals surface area (Å²) in [4.78, 5) is 11.4. The molecule has 1 unspecified atom stereocenters. The zero-order valence-electron chi connectivity index (χ0n) is 8.32. The largest absolute Gasteiger partial charge is 0.286 e. The summed E-state index contributed by atoms with van der Waals surface area (Å²) in [6.07, 6.45) is 0.982. The van der Waals surface area contributed by atoms with E-state index in [0.717, 1.165) is 20.3 Å².